The molecule has 1 aromatic heterocycles. The maximum absolute atomic E-state index is 11.0. The number of nitrogens with zero attached hydrogens (tertiary/aromatic N) is 3. The maximum Gasteiger partial charge on any atom is 0.270 e. The molecule has 0 saturated heterocycles. The SMILES string of the molecule is Cc1cc(C)c(N/C=C(\C#N)c2nc(-c3cccc([N+](=O)[O-])c3)cs2)c(C)c1. The Morgan fingerprint density at radius 3 is 2.61 bits per heavy atom. The van der Waals surface area contributed by atoms with Crippen LogP contribution in [0.2, 0.25) is 0 Å². The number of nitro benzene ring substituents is 1. The molecule has 0 amide bonds. The smallest absolute Gasteiger partial charge is 0.270 e. The van der Waals surface area contributed by atoms with Gasteiger partial charge in [-0.1, -0.05) is 29.8 Å². The highest BCUT2D eigenvalue weighted by Gasteiger charge is 2.12. The summed E-state index contributed by atoms with van der Waals surface area (Å²) in [5.41, 5.74) is 6.01. The molecule has 2 aromatic carbocycles. The first-order valence-electron chi connectivity index (χ1n) is 8.54. The van der Waals surface area contributed by atoms with Gasteiger partial charge in [0.2, 0.25) is 0 Å². The van der Waals surface area contributed by atoms with E-state index in [0.717, 1.165) is 16.8 Å². The topological polar surface area (TPSA) is 91.8 Å². The lowest BCUT2D eigenvalue weighted by atomic mass is 10.1. The molecule has 3 rings (SSSR count). The van der Waals surface area contributed by atoms with Crippen molar-refractivity contribution in [2.45, 2.75) is 20.8 Å². The number of nitro groups is 1. The van der Waals surface area contributed by atoms with Crippen molar-refractivity contribution in [1.82, 2.24) is 4.98 Å². The summed E-state index contributed by atoms with van der Waals surface area (Å²) < 4.78 is 0. The largest absolute Gasteiger partial charge is 0.360 e. The lowest BCUT2D eigenvalue weighted by Crippen LogP contribution is -1.97. The summed E-state index contributed by atoms with van der Waals surface area (Å²) >= 11 is 1.33. The third-order valence-corrected chi connectivity index (χ3v) is 5.12. The highest BCUT2D eigenvalue weighted by molar-refractivity contribution is 7.11. The molecule has 0 saturated carbocycles. The zero-order valence-corrected chi connectivity index (χ0v) is 16.5. The monoisotopic (exact) mass is 390 g/mol. The van der Waals surface area contributed by atoms with E-state index >= 15 is 0 Å². The fourth-order valence-electron chi connectivity index (χ4n) is 3.00. The second kappa shape index (κ2) is 8.03. The molecule has 7 heteroatoms. The van der Waals surface area contributed by atoms with Gasteiger partial charge >= 0.3 is 0 Å². The molecular formula is C21H18N4O2S. The minimum Gasteiger partial charge on any atom is -0.360 e. The van der Waals surface area contributed by atoms with E-state index in [1.807, 2.05) is 20.8 Å². The van der Waals surface area contributed by atoms with Gasteiger partial charge in [0, 0.05) is 35.0 Å². The van der Waals surface area contributed by atoms with Crippen molar-refractivity contribution < 1.29 is 4.92 Å². The Balaban J connectivity index is 1.89. The van der Waals surface area contributed by atoms with E-state index < -0.39 is 4.92 Å². The molecule has 0 aliphatic rings. The van der Waals surface area contributed by atoms with Crippen LogP contribution in [0.4, 0.5) is 11.4 Å². The van der Waals surface area contributed by atoms with Crippen molar-refractivity contribution in [3.8, 4) is 17.3 Å². The van der Waals surface area contributed by atoms with Crippen molar-refractivity contribution in [2.24, 2.45) is 0 Å². The van der Waals surface area contributed by atoms with E-state index in [4.69, 9.17) is 0 Å². The molecule has 0 radical (unpaired) electrons. The Hall–Kier alpha value is -3.50. The zero-order chi connectivity index (χ0) is 20.3. The first kappa shape index (κ1) is 19.3. The second-order valence-electron chi connectivity index (χ2n) is 6.43. The lowest BCUT2D eigenvalue weighted by molar-refractivity contribution is -0.384. The van der Waals surface area contributed by atoms with Gasteiger partial charge in [0.15, 0.2) is 0 Å². The van der Waals surface area contributed by atoms with Crippen LogP contribution in [0.3, 0.4) is 0 Å². The summed E-state index contributed by atoms with van der Waals surface area (Å²) in [6.07, 6.45) is 1.65. The molecule has 0 aliphatic carbocycles. The number of anilines is 1. The van der Waals surface area contributed by atoms with Crippen molar-refractivity contribution in [3.63, 3.8) is 0 Å². The molecule has 0 aliphatic heterocycles. The summed E-state index contributed by atoms with van der Waals surface area (Å²) in [6, 6.07) is 12.6. The van der Waals surface area contributed by atoms with Gasteiger partial charge in [0.25, 0.3) is 5.69 Å². The lowest BCUT2D eigenvalue weighted by Gasteiger charge is -2.11. The van der Waals surface area contributed by atoms with Gasteiger partial charge in [0.05, 0.1) is 10.6 Å². The predicted octanol–water partition coefficient (Wildman–Crippen LogP) is 5.62. The van der Waals surface area contributed by atoms with Gasteiger partial charge in [-0.05, 0) is 31.9 Å². The van der Waals surface area contributed by atoms with Crippen LogP contribution in [0.15, 0.2) is 48.0 Å². The molecule has 1 N–H and O–H groups in total. The number of non-ortho nitro benzene ring substituents is 1. The van der Waals surface area contributed by atoms with Crippen molar-refractivity contribution in [2.75, 3.05) is 5.32 Å². The van der Waals surface area contributed by atoms with Crippen molar-refractivity contribution in [1.29, 1.82) is 5.26 Å². The van der Waals surface area contributed by atoms with Gasteiger partial charge in [0.1, 0.15) is 16.6 Å². The molecule has 0 atom stereocenters. The van der Waals surface area contributed by atoms with E-state index in [0.29, 0.717) is 21.8 Å². The van der Waals surface area contributed by atoms with Crippen LogP contribution >= 0.6 is 11.3 Å². The highest BCUT2D eigenvalue weighted by Crippen LogP contribution is 2.29. The highest BCUT2D eigenvalue weighted by atomic mass is 32.1. The molecule has 0 bridgehead atoms. The fraction of sp³-hybridized carbons (Fsp3) is 0.143. The number of rotatable bonds is 5. The number of benzene rings is 2. The van der Waals surface area contributed by atoms with Crippen LogP contribution in [-0.4, -0.2) is 9.91 Å². The predicted molar refractivity (Wildman–Crippen MR) is 112 cm³/mol. The average molecular weight is 390 g/mol. The maximum atomic E-state index is 11.0. The summed E-state index contributed by atoms with van der Waals surface area (Å²) in [6.45, 7) is 6.09. The fourth-order valence-corrected chi connectivity index (χ4v) is 3.80. The Bertz CT molecular complexity index is 1100. The molecule has 0 spiro atoms. The van der Waals surface area contributed by atoms with E-state index in [1.165, 1.54) is 29.0 Å². The number of allylic oxidation sites excluding steroid dienone is 1. The summed E-state index contributed by atoms with van der Waals surface area (Å²) in [5, 5.41) is 26.1. The van der Waals surface area contributed by atoms with Crippen LogP contribution in [0, 0.1) is 42.2 Å². The first-order valence-corrected chi connectivity index (χ1v) is 9.42. The number of aromatic nitrogens is 1. The average Bonchev–Trinajstić information content (AvgIpc) is 3.14. The third kappa shape index (κ3) is 4.08. The summed E-state index contributed by atoms with van der Waals surface area (Å²) in [5.74, 6) is 0. The van der Waals surface area contributed by atoms with Crippen LogP contribution in [-0.2, 0) is 0 Å². The molecule has 28 heavy (non-hydrogen) atoms. The van der Waals surface area contributed by atoms with Crippen LogP contribution < -0.4 is 5.32 Å². The van der Waals surface area contributed by atoms with Gasteiger partial charge in [-0.15, -0.1) is 11.3 Å². The van der Waals surface area contributed by atoms with Crippen LogP contribution in [0.5, 0.6) is 0 Å². The number of thiazole rings is 1. The van der Waals surface area contributed by atoms with E-state index in [9.17, 15) is 15.4 Å². The number of nitriles is 1. The quantitative estimate of drug-likeness (QED) is 0.347. The molecule has 0 unspecified atom stereocenters. The standard InChI is InChI=1S/C21H18N4O2S/c1-13-7-14(2)20(15(3)8-13)23-11-17(10-22)21-24-19(12-28-21)16-5-4-6-18(9-16)25(26)27/h4-9,11-12,23H,1-3H3/b17-11+. The van der Waals surface area contributed by atoms with Gasteiger partial charge < -0.3 is 5.32 Å². The minimum atomic E-state index is -0.437. The number of nitrogens with one attached hydrogen (secondary N) is 1. The van der Waals surface area contributed by atoms with Crippen molar-refractivity contribution >= 4 is 28.3 Å². The Kier molecular flexibility index (Phi) is 5.52. The van der Waals surface area contributed by atoms with E-state index in [2.05, 4.69) is 28.5 Å². The number of hydrogen-bond acceptors (Lipinski definition) is 6. The Morgan fingerprint density at radius 1 is 1.25 bits per heavy atom. The molecule has 140 valence electrons. The summed E-state index contributed by atoms with van der Waals surface area (Å²) in [4.78, 5) is 15.0. The molecular weight excluding hydrogens is 372 g/mol. The Labute approximate surface area is 167 Å². The normalized spacial score (nSPS) is 11.1. The second-order valence-corrected chi connectivity index (χ2v) is 7.29. The first-order chi connectivity index (χ1) is 13.4. The molecule has 0 fully saturated rings. The summed E-state index contributed by atoms with van der Waals surface area (Å²) in [7, 11) is 0. The number of aryl methyl sites for hydroxylation is 3. The van der Waals surface area contributed by atoms with Crippen LogP contribution in [0.1, 0.15) is 21.7 Å². The van der Waals surface area contributed by atoms with Crippen LogP contribution in [0.25, 0.3) is 16.8 Å². The van der Waals surface area contributed by atoms with E-state index in [-0.39, 0.29) is 5.69 Å². The van der Waals surface area contributed by atoms with E-state index in [1.54, 1.807) is 23.7 Å². The number of hydrogen-bond donors (Lipinski definition) is 1. The molecule has 1 heterocycles. The minimum absolute atomic E-state index is 0.00934. The zero-order valence-electron chi connectivity index (χ0n) is 15.7. The Morgan fingerprint density at radius 2 is 1.96 bits per heavy atom. The van der Waals surface area contributed by atoms with Crippen molar-refractivity contribution in [3.05, 3.63) is 79.8 Å². The molecule has 6 nitrogen and oxygen atoms in total. The molecule has 3 aromatic rings. The van der Waals surface area contributed by atoms with Gasteiger partial charge in [-0.3, -0.25) is 10.1 Å². The van der Waals surface area contributed by atoms with Gasteiger partial charge in [-0.25, -0.2) is 4.98 Å². The third-order valence-electron chi connectivity index (χ3n) is 4.25. The van der Waals surface area contributed by atoms with Gasteiger partial charge in [-0.2, -0.15) is 5.26 Å².